The zero-order valence-electron chi connectivity index (χ0n) is 12.1. The van der Waals surface area contributed by atoms with Crippen molar-refractivity contribution in [2.75, 3.05) is 0 Å². The van der Waals surface area contributed by atoms with Gasteiger partial charge in [-0.3, -0.25) is 0 Å². The lowest BCUT2D eigenvalue weighted by atomic mass is 9.94. The van der Waals surface area contributed by atoms with Crippen LogP contribution in [0.15, 0.2) is 24.5 Å². The Kier molecular flexibility index (Phi) is 3.84. The number of aromatic carboxylic acids is 1. The molecule has 104 valence electrons. The molecule has 0 fully saturated rings. The van der Waals surface area contributed by atoms with Gasteiger partial charge in [0.1, 0.15) is 11.9 Å². The monoisotopic (exact) mass is 270 g/mol. The summed E-state index contributed by atoms with van der Waals surface area (Å²) in [7, 11) is 0. The molecule has 0 unspecified atom stereocenters. The Bertz CT molecular complexity index is 664. The number of carboxylic acid groups (broad SMARTS) is 1. The predicted octanol–water partition coefficient (Wildman–Crippen LogP) is 3.58. The molecule has 1 aromatic heterocycles. The van der Waals surface area contributed by atoms with Crippen molar-refractivity contribution in [2.24, 2.45) is 0 Å². The Morgan fingerprint density at radius 3 is 2.50 bits per heavy atom. The fraction of sp³-hybridized carbons (Fsp3) is 0.312. The van der Waals surface area contributed by atoms with Gasteiger partial charge in [-0.1, -0.05) is 26.0 Å². The Morgan fingerprint density at radius 2 is 1.90 bits per heavy atom. The predicted molar refractivity (Wildman–Crippen MR) is 78.0 cm³/mol. The second kappa shape index (κ2) is 5.41. The molecule has 0 saturated heterocycles. The first kappa shape index (κ1) is 14.2. The number of aryl methyl sites for hydroxylation is 2. The molecule has 0 radical (unpaired) electrons. The number of aromatic nitrogens is 2. The van der Waals surface area contributed by atoms with E-state index in [4.69, 9.17) is 0 Å². The summed E-state index contributed by atoms with van der Waals surface area (Å²) in [5.74, 6) is -0.613. The highest BCUT2D eigenvalue weighted by Gasteiger charge is 2.18. The van der Waals surface area contributed by atoms with Gasteiger partial charge in [-0.2, -0.15) is 0 Å². The molecule has 2 aromatic rings. The summed E-state index contributed by atoms with van der Waals surface area (Å²) in [6.45, 7) is 7.87. The van der Waals surface area contributed by atoms with E-state index < -0.39 is 5.97 Å². The van der Waals surface area contributed by atoms with Crippen LogP contribution in [0.1, 0.15) is 46.9 Å². The van der Waals surface area contributed by atoms with Gasteiger partial charge in [0.05, 0.1) is 11.4 Å². The normalized spacial score (nSPS) is 10.8. The van der Waals surface area contributed by atoms with Gasteiger partial charge in [-0.25, -0.2) is 14.8 Å². The fourth-order valence-electron chi connectivity index (χ4n) is 2.19. The van der Waals surface area contributed by atoms with Crippen molar-refractivity contribution in [2.45, 2.75) is 33.6 Å². The zero-order chi connectivity index (χ0) is 14.9. The third-order valence-electron chi connectivity index (χ3n) is 3.43. The minimum atomic E-state index is -0.993. The highest BCUT2D eigenvalue weighted by molar-refractivity contribution is 5.96. The van der Waals surface area contributed by atoms with Gasteiger partial charge in [0.2, 0.25) is 0 Å². The quantitative estimate of drug-likeness (QED) is 0.925. The van der Waals surface area contributed by atoms with Crippen molar-refractivity contribution in [1.29, 1.82) is 0 Å². The van der Waals surface area contributed by atoms with Crippen LogP contribution in [-0.2, 0) is 0 Å². The molecule has 1 aromatic carbocycles. The number of rotatable bonds is 3. The summed E-state index contributed by atoms with van der Waals surface area (Å²) >= 11 is 0. The van der Waals surface area contributed by atoms with Gasteiger partial charge in [-0.05, 0) is 37.0 Å². The summed E-state index contributed by atoms with van der Waals surface area (Å²) in [6, 6.07) is 6.10. The first-order valence-corrected chi connectivity index (χ1v) is 6.57. The lowest BCUT2D eigenvalue weighted by molar-refractivity contribution is 0.0696. The van der Waals surface area contributed by atoms with Gasteiger partial charge in [-0.15, -0.1) is 0 Å². The molecule has 4 heteroatoms. The standard InChI is InChI=1S/C16H18N2O2/c1-9(2)12-6-5-10(3)13(7-12)15-14(16(19)20)11(4)17-8-18-15/h5-9H,1-4H3,(H,19,20). The SMILES string of the molecule is Cc1ccc(C(C)C)cc1-c1ncnc(C)c1C(=O)O. The van der Waals surface area contributed by atoms with E-state index >= 15 is 0 Å². The van der Waals surface area contributed by atoms with Crippen molar-refractivity contribution < 1.29 is 9.90 Å². The van der Waals surface area contributed by atoms with Gasteiger partial charge in [0, 0.05) is 5.56 Å². The number of benzene rings is 1. The van der Waals surface area contributed by atoms with Crippen LogP contribution in [0.2, 0.25) is 0 Å². The highest BCUT2D eigenvalue weighted by atomic mass is 16.4. The van der Waals surface area contributed by atoms with Crippen molar-refractivity contribution in [3.05, 3.63) is 46.9 Å². The lowest BCUT2D eigenvalue weighted by Gasteiger charge is -2.13. The molecule has 20 heavy (non-hydrogen) atoms. The number of nitrogens with zero attached hydrogens (tertiary/aromatic N) is 2. The maximum atomic E-state index is 11.5. The first-order chi connectivity index (χ1) is 9.41. The molecule has 0 atom stereocenters. The fourth-order valence-corrected chi connectivity index (χ4v) is 2.19. The third kappa shape index (κ3) is 2.54. The molecule has 0 aliphatic rings. The summed E-state index contributed by atoms with van der Waals surface area (Å²) in [5.41, 5.74) is 4.19. The molecule has 0 aliphatic carbocycles. The Hall–Kier alpha value is -2.23. The highest BCUT2D eigenvalue weighted by Crippen LogP contribution is 2.29. The number of hydrogen-bond acceptors (Lipinski definition) is 3. The van der Waals surface area contributed by atoms with Crippen LogP contribution >= 0.6 is 0 Å². The molecule has 4 nitrogen and oxygen atoms in total. The lowest BCUT2D eigenvalue weighted by Crippen LogP contribution is -2.07. The van der Waals surface area contributed by atoms with Crippen LogP contribution in [-0.4, -0.2) is 21.0 Å². The van der Waals surface area contributed by atoms with E-state index in [1.165, 1.54) is 11.9 Å². The van der Waals surface area contributed by atoms with E-state index in [0.717, 1.165) is 11.1 Å². The van der Waals surface area contributed by atoms with Crippen LogP contribution in [0.25, 0.3) is 11.3 Å². The molecule has 0 saturated carbocycles. The molecule has 1 N–H and O–H groups in total. The summed E-state index contributed by atoms with van der Waals surface area (Å²) in [4.78, 5) is 19.6. The molecule has 0 spiro atoms. The largest absolute Gasteiger partial charge is 0.478 e. The van der Waals surface area contributed by atoms with Crippen LogP contribution < -0.4 is 0 Å². The minimum absolute atomic E-state index is 0.177. The number of carbonyl (C=O) groups is 1. The van der Waals surface area contributed by atoms with E-state index in [9.17, 15) is 9.90 Å². The van der Waals surface area contributed by atoms with Crippen LogP contribution in [0.5, 0.6) is 0 Å². The van der Waals surface area contributed by atoms with Crippen molar-refractivity contribution >= 4 is 5.97 Å². The molecular formula is C16H18N2O2. The van der Waals surface area contributed by atoms with E-state index in [-0.39, 0.29) is 5.56 Å². The smallest absolute Gasteiger partial charge is 0.339 e. The van der Waals surface area contributed by atoms with Gasteiger partial charge < -0.3 is 5.11 Å². The Labute approximate surface area is 118 Å². The molecule has 0 bridgehead atoms. The van der Waals surface area contributed by atoms with Crippen molar-refractivity contribution in [3.63, 3.8) is 0 Å². The molecule has 0 amide bonds. The van der Waals surface area contributed by atoms with Crippen molar-refractivity contribution in [3.8, 4) is 11.3 Å². The van der Waals surface area contributed by atoms with E-state index in [1.54, 1.807) is 6.92 Å². The van der Waals surface area contributed by atoms with Crippen molar-refractivity contribution in [1.82, 2.24) is 9.97 Å². The first-order valence-electron chi connectivity index (χ1n) is 6.57. The third-order valence-corrected chi connectivity index (χ3v) is 3.43. The average molecular weight is 270 g/mol. The van der Waals surface area contributed by atoms with Gasteiger partial charge in [0.25, 0.3) is 0 Å². The topological polar surface area (TPSA) is 63.1 Å². The number of carboxylic acids is 1. The Morgan fingerprint density at radius 1 is 1.20 bits per heavy atom. The zero-order valence-corrected chi connectivity index (χ0v) is 12.1. The minimum Gasteiger partial charge on any atom is -0.478 e. The number of hydrogen-bond donors (Lipinski definition) is 1. The van der Waals surface area contributed by atoms with Gasteiger partial charge in [0.15, 0.2) is 0 Å². The maximum Gasteiger partial charge on any atom is 0.339 e. The van der Waals surface area contributed by atoms with Crippen LogP contribution in [0.4, 0.5) is 0 Å². The molecule has 2 rings (SSSR count). The second-order valence-corrected chi connectivity index (χ2v) is 5.22. The second-order valence-electron chi connectivity index (χ2n) is 5.22. The van der Waals surface area contributed by atoms with Crippen LogP contribution in [0.3, 0.4) is 0 Å². The van der Waals surface area contributed by atoms with Gasteiger partial charge >= 0.3 is 5.97 Å². The van der Waals surface area contributed by atoms with E-state index in [2.05, 4.69) is 29.9 Å². The van der Waals surface area contributed by atoms with E-state index in [0.29, 0.717) is 17.3 Å². The molecular weight excluding hydrogens is 252 g/mol. The average Bonchev–Trinajstić information content (AvgIpc) is 2.38. The maximum absolute atomic E-state index is 11.5. The summed E-state index contributed by atoms with van der Waals surface area (Å²) in [5, 5.41) is 9.40. The molecule has 1 heterocycles. The Balaban J connectivity index is 2.71. The van der Waals surface area contributed by atoms with E-state index in [1.807, 2.05) is 19.1 Å². The van der Waals surface area contributed by atoms with Crippen LogP contribution in [0, 0.1) is 13.8 Å². The molecule has 0 aliphatic heterocycles. The summed E-state index contributed by atoms with van der Waals surface area (Å²) in [6.07, 6.45) is 1.42. The summed E-state index contributed by atoms with van der Waals surface area (Å²) < 4.78 is 0.